The van der Waals surface area contributed by atoms with Crippen LogP contribution < -0.4 is 4.74 Å². The van der Waals surface area contributed by atoms with Crippen LogP contribution in [0.15, 0.2) is 24.3 Å². The van der Waals surface area contributed by atoms with E-state index in [4.69, 9.17) is 9.84 Å². The summed E-state index contributed by atoms with van der Waals surface area (Å²) in [6.07, 6.45) is 15.0. The van der Waals surface area contributed by atoms with Gasteiger partial charge in [-0.25, -0.2) is 0 Å². The minimum absolute atomic E-state index is 0.252. The summed E-state index contributed by atoms with van der Waals surface area (Å²) in [7, 11) is 0. The molecule has 0 bridgehead atoms. The number of benzene rings is 1. The molecule has 1 rings (SSSR count). The number of aryl methyl sites for hydroxylation is 1. The van der Waals surface area contributed by atoms with Crippen molar-refractivity contribution < 1.29 is 9.84 Å². The van der Waals surface area contributed by atoms with Gasteiger partial charge in [0.2, 0.25) is 0 Å². The van der Waals surface area contributed by atoms with E-state index in [0.717, 1.165) is 12.2 Å². The number of aliphatic hydroxyl groups excluding tert-OH is 1. The Labute approximate surface area is 130 Å². The molecule has 21 heavy (non-hydrogen) atoms. The smallest absolute Gasteiger partial charge is 0.186 e. The van der Waals surface area contributed by atoms with E-state index in [-0.39, 0.29) is 6.79 Å². The van der Waals surface area contributed by atoms with Crippen LogP contribution in [-0.2, 0) is 6.42 Å². The van der Waals surface area contributed by atoms with E-state index in [1.807, 2.05) is 12.1 Å². The lowest BCUT2D eigenvalue weighted by atomic mass is 10.0. The minimum atomic E-state index is -0.252. The predicted molar refractivity (Wildman–Crippen MR) is 89.7 cm³/mol. The molecule has 0 atom stereocenters. The van der Waals surface area contributed by atoms with E-state index in [2.05, 4.69) is 19.1 Å². The van der Waals surface area contributed by atoms with Gasteiger partial charge in [-0.05, 0) is 30.5 Å². The highest BCUT2D eigenvalue weighted by molar-refractivity contribution is 5.27. The summed E-state index contributed by atoms with van der Waals surface area (Å²) < 4.78 is 5.02. The Hall–Kier alpha value is -1.02. The van der Waals surface area contributed by atoms with Crippen molar-refractivity contribution in [3.63, 3.8) is 0 Å². The van der Waals surface area contributed by atoms with Crippen molar-refractivity contribution in [1.29, 1.82) is 0 Å². The first-order valence-electron chi connectivity index (χ1n) is 8.69. The number of aliphatic hydroxyl groups is 1. The van der Waals surface area contributed by atoms with E-state index in [1.54, 1.807) is 0 Å². The zero-order valence-electron chi connectivity index (χ0n) is 13.7. The van der Waals surface area contributed by atoms with Crippen LogP contribution in [0.1, 0.15) is 76.7 Å². The Morgan fingerprint density at radius 1 is 0.762 bits per heavy atom. The highest BCUT2D eigenvalue weighted by atomic mass is 16.6. The molecule has 1 N–H and O–H groups in total. The third-order valence-corrected chi connectivity index (χ3v) is 3.97. The average molecular weight is 292 g/mol. The second-order valence-electron chi connectivity index (χ2n) is 5.85. The molecular formula is C19H32O2. The van der Waals surface area contributed by atoms with Crippen LogP contribution >= 0.6 is 0 Å². The van der Waals surface area contributed by atoms with Gasteiger partial charge in [0.25, 0.3) is 0 Å². The van der Waals surface area contributed by atoms with E-state index < -0.39 is 0 Å². The van der Waals surface area contributed by atoms with Gasteiger partial charge in [0.1, 0.15) is 5.75 Å². The lowest BCUT2D eigenvalue weighted by Gasteiger charge is -2.05. The van der Waals surface area contributed by atoms with Gasteiger partial charge in [-0.1, -0.05) is 76.8 Å². The molecule has 0 aliphatic carbocycles. The second kappa shape index (κ2) is 12.7. The molecule has 0 aliphatic heterocycles. The highest BCUT2D eigenvalue weighted by Gasteiger charge is 1.96. The molecule has 0 saturated heterocycles. The molecule has 2 nitrogen and oxygen atoms in total. The largest absolute Gasteiger partial charge is 0.468 e. The maximum atomic E-state index is 8.67. The molecule has 0 saturated carbocycles. The Balaban J connectivity index is 1.94. The fraction of sp³-hybridized carbons (Fsp3) is 0.684. The van der Waals surface area contributed by atoms with Crippen LogP contribution in [0.5, 0.6) is 5.75 Å². The fourth-order valence-corrected chi connectivity index (χ4v) is 2.64. The number of hydrogen-bond donors (Lipinski definition) is 1. The van der Waals surface area contributed by atoms with E-state index >= 15 is 0 Å². The van der Waals surface area contributed by atoms with Gasteiger partial charge in [-0.2, -0.15) is 0 Å². The molecule has 0 aromatic heterocycles. The van der Waals surface area contributed by atoms with Gasteiger partial charge in [0.05, 0.1) is 0 Å². The van der Waals surface area contributed by atoms with Gasteiger partial charge >= 0.3 is 0 Å². The van der Waals surface area contributed by atoms with Crippen molar-refractivity contribution >= 4 is 0 Å². The predicted octanol–water partition coefficient (Wildman–Crippen LogP) is 5.48. The van der Waals surface area contributed by atoms with Crippen molar-refractivity contribution in [3.05, 3.63) is 29.8 Å². The molecule has 0 fully saturated rings. The van der Waals surface area contributed by atoms with Crippen molar-refractivity contribution in [2.24, 2.45) is 0 Å². The zero-order chi connectivity index (χ0) is 15.2. The van der Waals surface area contributed by atoms with Gasteiger partial charge in [-0.15, -0.1) is 0 Å². The summed E-state index contributed by atoms with van der Waals surface area (Å²) in [5.41, 5.74) is 1.36. The summed E-state index contributed by atoms with van der Waals surface area (Å²) in [4.78, 5) is 0. The van der Waals surface area contributed by atoms with Crippen molar-refractivity contribution in [2.45, 2.75) is 77.6 Å². The Kier molecular flexibility index (Phi) is 10.9. The quantitative estimate of drug-likeness (QED) is 0.385. The maximum Gasteiger partial charge on any atom is 0.186 e. The molecular weight excluding hydrogens is 260 g/mol. The average Bonchev–Trinajstić information content (AvgIpc) is 2.51. The summed E-state index contributed by atoms with van der Waals surface area (Å²) in [6, 6.07) is 8.06. The first-order chi connectivity index (χ1) is 10.4. The molecule has 0 spiro atoms. The van der Waals surface area contributed by atoms with Crippen LogP contribution in [0.2, 0.25) is 0 Å². The van der Waals surface area contributed by atoms with Crippen LogP contribution in [0.4, 0.5) is 0 Å². The number of hydrogen-bond acceptors (Lipinski definition) is 2. The molecule has 0 heterocycles. The second-order valence-corrected chi connectivity index (χ2v) is 5.85. The van der Waals surface area contributed by atoms with Gasteiger partial charge in [0, 0.05) is 0 Å². The Morgan fingerprint density at radius 2 is 1.29 bits per heavy atom. The van der Waals surface area contributed by atoms with Gasteiger partial charge < -0.3 is 9.84 Å². The van der Waals surface area contributed by atoms with Gasteiger partial charge in [0.15, 0.2) is 6.79 Å². The molecule has 0 aliphatic rings. The van der Waals surface area contributed by atoms with Crippen LogP contribution in [0, 0.1) is 0 Å². The summed E-state index contributed by atoms with van der Waals surface area (Å²) >= 11 is 0. The highest BCUT2D eigenvalue weighted by Crippen LogP contribution is 2.15. The molecule has 0 radical (unpaired) electrons. The normalized spacial score (nSPS) is 10.8. The van der Waals surface area contributed by atoms with Crippen LogP contribution in [0.3, 0.4) is 0 Å². The molecule has 1 aromatic carbocycles. The zero-order valence-corrected chi connectivity index (χ0v) is 13.7. The van der Waals surface area contributed by atoms with Crippen molar-refractivity contribution in [3.8, 4) is 5.75 Å². The Morgan fingerprint density at radius 3 is 1.81 bits per heavy atom. The topological polar surface area (TPSA) is 29.5 Å². The monoisotopic (exact) mass is 292 g/mol. The molecule has 120 valence electrons. The van der Waals surface area contributed by atoms with Crippen LogP contribution in [-0.4, -0.2) is 11.9 Å². The maximum absolute atomic E-state index is 8.67. The fourth-order valence-electron chi connectivity index (χ4n) is 2.64. The van der Waals surface area contributed by atoms with Crippen molar-refractivity contribution in [2.75, 3.05) is 6.79 Å². The SMILES string of the molecule is CCCCCCCCCCCCc1ccc(OCO)cc1. The standard InChI is InChI=1S/C19H32O2/c1-2-3-4-5-6-7-8-9-10-11-12-18-13-15-19(16-14-18)21-17-20/h13-16,20H,2-12,17H2,1H3. The van der Waals surface area contributed by atoms with Crippen LogP contribution in [0.25, 0.3) is 0 Å². The number of rotatable bonds is 13. The molecule has 0 unspecified atom stereocenters. The first kappa shape index (κ1) is 18.0. The lowest BCUT2D eigenvalue weighted by Crippen LogP contribution is -1.94. The molecule has 2 heteroatoms. The first-order valence-corrected chi connectivity index (χ1v) is 8.69. The molecule has 0 amide bonds. The summed E-state index contributed by atoms with van der Waals surface area (Å²) in [5.74, 6) is 0.740. The molecule has 1 aromatic rings. The van der Waals surface area contributed by atoms with E-state index in [1.165, 1.54) is 69.8 Å². The third-order valence-electron chi connectivity index (χ3n) is 3.97. The lowest BCUT2D eigenvalue weighted by molar-refractivity contribution is 0.0985. The minimum Gasteiger partial charge on any atom is -0.468 e. The number of ether oxygens (including phenoxy) is 1. The summed E-state index contributed by atoms with van der Waals surface area (Å²) in [6.45, 7) is 2.02. The Bertz CT molecular complexity index is 332. The van der Waals surface area contributed by atoms with Crippen molar-refractivity contribution in [1.82, 2.24) is 0 Å². The summed E-state index contributed by atoms with van der Waals surface area (Å²) in [5, 5.41) is 8.67. The van der Waals surface area contributed by atoms with E-state index in [0.29, 0.717) is 0 Å². The third kappa shape index (κ3) is 9.52. The van der Waals surface area contributed by atoms with E-state index in [9.17, 15) is 0 Å². The number of unbranched alkanes of at least 4 members (excludes halogenated alkanes) is 9. The van der Waals surface area contributed by atoms with Gasteiger partial charge in [-0.3, -0.25) is 0 Å².